The highest BCUT2D eigenvalue weighted by atomic mass is 35.5. The fourth-order valence-corrected chi connectivity index (χ4v) is 3.28. The van der Waals surface area contributed by atoms with E-state index >= 15 is 0 Å². The first-order valence-corrected chi connectivity index (χ1v) is 9.05. The highest BCUT2D eigenvalue weighted by Crippen LogP contribution is 2.32. The average molecular weight is 394 g/mol. The molecular weight excluding hydrogens is 381 g/mol. The molecule has 128 valence electrons. The van der Waals surface area contributed by atoms with Crippen LogP contribution in [0.25, 0.3) is 0 Å². The van der Waals surface area contributed by atoms with Crippen LogP contribution in [0.2, 0.25) is 10.0 Å². The molecule has 2 aromatic rings. The van der Waals surface area contributed by atoms with Crippen molar-refractivity contribution in [3.8, 4) is 5.75 Å². The molecule has 1 heterocycles. The zero-order valence-electron chi connectivity index (χ0n) is 12.9. The quantitative estimate of drug-likeness (QED) is 0.613. The first kappa shape index (κ1) is 17.8. The largest absolute Gasteiger partial charge is 0.487 e. The predicted molar refractivity (Wildman–Crippen MR) is 103 cm³/mol. The van der Waals surface area contributed by atoms with Gasteiger partial charge < -0.3 is 10.1 Å². The molecule has 0 bridgehead atoms. The van der Waals surface area contributed by atoms with Crippen molar-refractivity contribution in [2.24, 2.45) is 10.2 Å². The molecule has 25 heavy (non-hydrogen) atoms. The highest BCUT2D eigenvalue weighted by Gasteiger charge is 2.16. The second kappa shape index (κ2) is 8.38. The first-order chi connectivity index (χ1) is 12.1. The van der Waals surface area contributed by atoms with Gasteiger partial charge in [-0.15, -0.1) is 5.10 Å². The van der Waals surface area contributed by atoms with E-state index in [1.54, 1.807) is 12.1 Å². The van der Waals surface area contributed by atoms with Crippen LogP contribution < -0.4 is 10.1 Å². The number of carbonyl (C=O) groups is 1. The van der Waals surface area contributed by atoms with Crippen molar-refractivity contribution in [1.82, 2.24) is 5.32 Å². The summed E-state index contributed by atoms with van der Waals surface area (Å²) in [7, 11) is 0. The summed E-state index contributed by atoms with van der Waals surface area (Å²) in [6.07, 6.45) is 1.50. The predicted octanol–water partition coefficient (Wildman–Crippen LogP) is 4.13. The number of nitrogens with one attached hydrogen (secondary N) is 1. The summed E-state index contributed by atoms with van der Waals surface area (Å²) in [5, 5.41) is 11.9. The van der Waals surface area contributed by atoms with E-state index in [0.29, 0.717) is 38.9 Å². The third-order valence-electron chi connectivity index (χ3n) is 3.19. The molecule has 1 N–H and O–H groups in total. The van der Waals surface area contributed by atoms with Gasteiger partial charge in [0.1, 0.15) is 12.4 Å². The monoisotopic (exact) mass is 393 g/mol. The Hall–Kier alpha value is -2.02. The number of rotatable bonds is 5. The van der Waals surface area contributed by atoms with Gasteiger partial charge in [0.05, 0.1) is 17.0 Å². The number of nitrogens with zero attached hydrogens (tertiary/aromatic N) is 2. The summed E-state index contributed by atoms with van der Waals surface area (Å²) >= 11 is 13.6. The van der Waals surface area contributed by atoms with Crippen LogP contribution in [0.1, 0.15) is 11.1 Å². The number of hydrogen-bond acceptors (Lipinski definition) is 5. The van der Waals surface area contributed by atoms with Crippen molar-refractivity contribution >= 4 is 52.3 Å². The molecule has 0 spiro atoms. The van der Waals surface area contributed by atoms with Crippen LogP contribution in [-0.2, 0) is 11.4 Å². The minimum absolute atomic E-state index is 0.0865. The summed E-state index contributed by atoms with van der Waals surface area (Å²) in [6.45, 7) is 0.365. The molecule has 1 fully saturated rings. The zero-order chi connectivity index (χ0) is 17.6. The van der Waals surface area contributed by atoms with E-state index < -0.39 is 0 Å². The summed E-state index contributed by atoms with van der Waals surface area (Å²) < 4.78 is 5.84. The van der Waals surface area contributed by atoms with E-state index in [9.17, 15) is 4.79 Å². The Balaban J connectivity index is 1.79. The Labute approximate surface area is 159 Å². The van der Waals surface area contributed by atoms with Crippen LogP contribution in [-0.4, -0.2) is 23.0 Å². The van der Waals surface area contributed by atoms with Crippen LogP contribution in [0.5, 0.6) is 5.75 Å². The maximum Gasteiger partial charge on any atom is 0.236 e. The van der Waals surface area contributed by atoms with E-state index in [4.69, 9.17) is 27.9 Å². The van der Waals surface area contributed by atoms with Crippen molar-refractivity contribution in [2.75, 3.05) is 5.75 Å². The Kier molecular flexibility index (Phi) is 5.96. The number of thioether (sulfide) groups is 1. The maximum atomic E-state index is 11.1. The summed E-state index contributed by atoms with van der Waals surface area (Å²) in [5.41, 5.74) is 1.62. The fourth-order valence-electron chi connectivity index (χ4n) is 2.08. The standard InChI is InChI=1S/C17H13Cl2N3O2S/c18-13-6-12(8-20-22-17-21-15(23)10-25-17)16(14(19)7-13)24-9-11-4-2-1-3-5-11/h1-8H,9-10H2,(H,21,22,23)/b20-8-. The Morgan fingerprint density at radius 3 is 2.76 bits per heavy atom. The molecule has 1 aliphatic heterocycles. The van der Waals surface area contributed by atoms with Crippen molar-refractivity contribution in [1.29, 1.82) is 0 Å². The summed E-state index contributed by atoms with van der Waals surface area (Å²) in [4.78, 5) is 11.1. The lowest BCUT2D eigenvalue weighted by Gasteiger charge is -2.11. The molecule has 0 radical (unpaired) electrons. The number of benzene rings is 2. The van der Waals surface area contributed by atoms with Crippen molar-refractivity contribution in [3.05, 3.63) is 63.6 Å². The number of ether oxygens (including phenoxy) is 1. The second-order valence-corrected chi connectivity index (χ2v) is 6.87. The van der Waals surface area contributed by atoms with Gasteiger partial charge in [0.15, 0.2) is 5.17 Å². The van der Waals surface area contributed by atoms with E-state index in [1.807, 2.05) is 30.3 Å². The zero-order valence-corrected chi connectivity index (χ0v) is 15.2. The van der Waals surface area contributed by atoms with Gasteiger partial charge in [-0.25, -0.2) is 0 Å². The van der Waals surface area contributed by atoms with Crippen molar-refractivity contribution < 1.29 is 9.53 Å². The van der Waals surface area contributed by atoms with Gasteiger partial charge in [-0.1, -0.05) is 65.3 Å². The van der Waals surface area contributed by atoms with E-state index in [1.165, 1.54) is 18.0 Å². The molecule has 0 aliphatic carbocycles. The van der Waals surface area contributed by atoms with E-state index in [0.717, 1.165) is 5.56 Å². The molecule has 0 atom stereocenters. The van der Waals surface area contributed by atoms with Gasteiger partial charge in [0.25, 0.3) is 0 Å². The molecule has 2 aromatic carbocycles. The normalized spacial score (nSPS) is 15.8. The molecule has 1 aliphatic rings. The van der Waals surface area contributed by atoms with Gasteiger partial charge in [0, 0.05) is 10.6 Å². The number of hydrogen-bond donors (Lipinski definition) is 1. The molecular formula is C17H13Cl2N3O2S. The Morgan fingerprint density at radius 2 is 2.04 bits per heavy atom. The van der Waals surface area contributed by atoms with Gasteiger partial charge in [0.2, 0.25) is 5.91 Å². The molecule has 8 heteroatoms. The minimum atomic E-state index is -0.0865. The summed E-state index contributed by atoms with van der Waals surface area (Å²) in [6, 6.07) is 13.0. The van der Waals surface area contributed by atoms with E-state index in [-0.39, 0.29) is 5.91 Å². The molecule has 0 unspecified atom stereocenters. The smallest absolute Gasteiger partial charge is 0.236 e. The SMILES string of the molecule is O=C1CSC(=N/N=C\c2cc(Cl)cc(Cl)c2OCc2ccccc2)N1. The van der Waals surface area contributed by atoms with E-state index in [2.05, 4.69) is 15.5 Å². The van der Waals surface area contributed by atoms with Gasteiger partial charge in [-0.3, -0.25) is 4.79 Å². The number of amides is 1. The van der Waals surface area contributed by atoms with Crippen LogP contribution in [0.4, 0.5) is 0 Å². The lowest BCUT2D eigenvalue weighted by molar-refractivity contribution is -0.116. The van der Waals surface area contributed by atoms with Gasteiger partial charge in [-0.05, 0) is 17.7 Å². The lowest BCUT2D eigenvalue weighted by Crippen LogP contribution is -2.19. The highest BCUT2D eigenvalue weighted by molar-refractivity contribution is 8.15. The van der Waals surface area contributed by atoms with Crippen LogP contribution in [0, 0.1) is 0 Å². The van der Waals surface area contributed by atoms with Crippen LogP contribution in [0.15, 0.2) is 52.7 Å². The third-order valence-corrected chi connectivity index (χ3v) is 4.56. The molecule has 1 amide bonds. The van der Waals surface area contributed by atoms with Gasteiger partial charge >= 0.3 is 0 Å². The van der Waals surface area contributed by atoms with Crippen molar-refractivity contribution in [3.63, 3.8) is 0 Å². The molecule has 0 saturated carbocycles. The summed E-state index contributed by atoms with van der Waals surface area (Å²) in [5.74, 6) is 0.738. The number of amidine groups is 1. The Bertz CT molecular complexity index is 841. The molecule has 3 rings (SSSR count). The fraction of sp³-hybridized carbons (Fsp3) is 0.118. The van der Waals surface area contributed by atoms with Gasteiger partial charge in [-0.2, -0.15) is 5.10 Å². The van der Waals surface area contributed by atoms with Crippen LogP contribution >= 0.6 is 35.0 Å². The first-order valence-electron chi connectivity index (χ1n) is 7.31. The number of carbonyl (C=O) groups excluding carboxylic acids is 1. The van der Waals surface area contributed by atoms with Crippen LogP contribution in [0.3, 0.4) is 0 Å². The average Bonchev–Trinajstić information content (AvgIpc) is 3.00. The molecule has 1 saturated heterocycles. The lowest BCUT2D eigenvalue weighted by atomic mass is 10.2. The second-order valence-electron chi connectivity index (χ2n) is 5.07. The molecule has 0 aromatic heterocycles. The van der Waals surface area contributed by atoms with Crippen molar-refractivity contribution in [2.45, 2.75) is 6.61 Å². The topological polar surface area (TPSA) is 63.0 Å². The Morgan fingerprint density at radius 1 is 1.24 bits per heavy atom. The minimum Gasteiger partial charge on any atom is -0.487 e. The third kappa shape index (κ3) is 4.98. The molecule has 5 nitrogen and oxygen atoms in total. The maximum absolute atomic E-state index is 11.1. The number of halogens is 2.